The Morgan fingerprint density at radius 1 is 0.700 bits per heavy atom. The van der Waals surface area contributed by atoms with Gasteiger partial charge in [-0.3, -0.25) is 14.4 Å². The first kappa shape index (κ1) is 45.6. The van der Waals surface area contributed by atoms with Crippen LogP contribution < -0.4 is 0 Å². The zero-order chi connectivity index (χ0) is 43.6. The molecule has 1 spiro atoms. The van der Waals surface area contributed by atoms with E-state index in [0.29, 0.717) is 25.7 Å². The maximum atomic E-state index is 14.8. The van der Waals surface area contributed by atoms with E-state index >= 15 is 0 Å². The van der Waals surface area contributed by atoms with E-state index in [1.807, 2.05) is 6.92 Å². The monoisotopic (exact) mass is 858 g/mol. The molecular weight excluding hydrogens is 796 g/mol. The summed E-state index contributed by atoms with van der Waals surface area (Å²) in [5.41, 5.74) is -1.13. The molecule has 3 saturated heterocycles. The van der Waals surface area contributed by atoms with Crippen molar-refractivity contribution in [1.82, 2.24) is 0 Å². The van der Waals surface area contributed by atoms with Gasteiger partial charge in [0.2, 0.25) is 12.4 Å². The number of carbonyl (C=O) groups is 3. The topological polar surface area (TPSA) is 287 Å². The summed E-state index contributed by atoms with van der Waals surface area (Å²) >= 11 is 0. The molecule has 2 bridgehead atoms. The van der Waals surface area contributed by atoms with Gasteiger partial charge in [0, 0.05) is 19.3 Å². The highest BCUT2D eigenvalue weighted by Crippen LogP contribution is 2.73. The van der Waals surface area contributed by atoms with Crippen LogP contribution in [-0.4, -0.2) is 171 Å². The van der Waals surface area contributed by atoms with Crippen LogP contribution in [0.3, 0.4) is 0 Å². The fourth-order valence-corrected chi connectivity index (χ4v) is 12.3. The van der Waals surface area contributed by atoms with E-state index in [1.165, 1.54) is 0 Å². The van der Waals surface area contributed by atoms with Gasteiger partial charge in [0.05, 0.1) is 31.3 Å². The average Bonchev–Trinajstić information content (AvgIpc) is 3.38. The van der Waals surface area contributed by atoms with Crippen molar-refractivity contribution < 1.29 is 93.1 Å². The summed E-state index contributed by atoms with van der Waals surface area (Å²) in [6.07, 6.45) is -16.5. The van der Waals surface area contributed by atoms with Crippen molar-refractivity contribution in [2.45, 2.75) is 171 Å². The number of hydrogen-bond donors (Lipinski definition) is 8. The van der Waals surface area contributed by atoms with Gasteiger partial charge in [-0.05, 0) is 80.6 Å². The number of fused-ring (bicyclic) bond motifs is 3. The molecule has 4 aliphatic carbocycles. The first-order valence-corrected chi connectivity index (χ1v) is 21.1. The van der Waals surface area contributed by atoms with Crippen molar-refractivity contribution in [3.8, 4) is 0 Å². The van der Waals surface area contributed by atoms with Crippen LogP contribution in [0.15, 0.2) is 12.2 Å². The molecule has 0 radical (unpaired) electrons. The van der Waals surface area contributed by atoms with Crippen molar-refractivity contribution in [3.63, 3.8) is 0 Å². The van der Waals surface area contributed by atoms with Gasteiger partial charge in [0.1, 0.15) is 54.9 Å². The normalized spacial score (nSPS) is 50.2. The number of rotatable bonds is 10. The minimum Gasteiger partial charge on any atom is -0.455 e. The van der Waals surface area contributed by atoms with Gasteiger partial charge >= 0.3 is 17.9 Å². The maximum Gasteiger partial charge on any atom is 0.314 e. The minimum atomic E-state index is -1.77. The molecule has 8 N–H and O–H groups in total. The molecule has 19 nitrogen and oxygen atoms in total. The van der Waals surface area contributed by atoms with Crippen molar-refractivity contribution in [2.75, 3.05) is 19.8 Å². The Morgan fingerprint density at radius 2 is 1.35 bits per heavy atom. The molecule has 7 rings (SSSR count). The number of esters is 3. The third-order valence-corrected chi connectivity index (χ3v) is 15.1. The molecule has 0 aromatic heterocycles. The van der Waals surface area contributed by atoms with Gasteiger partial charge in [-0.15, -0.1) is 0 Å². The summed E-state index contributed by atoms with van der Waals surface area (Å²) in [5.74, 6) is -2.42. The lowest BCUT2D eigenvalue weighted by Gasteiger charge is -2.64. The fourth-order valence-electron chi connectivity index (χ4n) is 12.3. The Labute approximate surface area is 347 Å². The molecule has 3 heterocycles. The highest BCUT2D eigenvalue weighted by atomic mass is 16.8. The van der Waals surface area contributed by atoms with Crippen molar-refractivity contribution in [1.29, 1.82) is 0 Å². The summed E-state index contributed by atoms with van der Waals surface area (Å²) < 4.78 is 47.1. The Kier molecular flexibility index (Phi) is 13.2. The zero-order valence-corrected chi connectivity index (χ0v) is 34.4. The fraction of sp³-hybridized carbons (Fsp3) is 0.878. The molecule has 7 fully saturated rings. The minimum absolute atomic E-state index is 0.0169. The van der Waals surface area contributed by atoms with Crippen LogP contribution in [0.1, 0.15) is 79.1 Å². The van der Waals surface area contributed by atoms with Crippen LogP contribution in [0.4, 0.5) is 0 Å². The third-order valence-electron chi connectivity index (χ3n) is 15.1. The number of carbonyl (C=O) groups excluding carboxylic acids is 3. The zero-order valence-electron chi connectivity index (χ0n) is 34.4. The van der Waals surface area contributed by atoms with Crippen LogP contribution >= 0.6 is 0 Å². The Bertz CT molecular complexity index is 1610. The number of aliphatic hydroxyl groups is 8. The number of aliphatic hydroxyl groups excluding tert-OH is 8. The summed E-state index contributed by atoms with van der Waals surface area (Å²) in [5, 5.41) is 83.1. The largest absolute Gasteiger partial charge is 0.455 e. The van der Waals surface area contributed by atoms with Crippen LogP contribution in [0.5, 0.6) is 0 Å². The van der Waals surface area contributed by atoms with E-state index in [2.05, 4.69) is 13.5 Å². The maximum absolute atomic E-state index is 14.8. The molecule has 60 heavy (non-hydrogen) atoms. The molecule has 7 aliphatic rings. The Hall–Kier alpha value is -2.37. The van der Waals surface area contributed by atoms with Gasteiger partial charge in [-0.25, -0.2) is 0 Å². The second-order valence-corrected chi connectivity index (χ2v) is 18.6. The first-order chi connectivity index (χ1) is 28.3. The van der Waals surface area contributed by atoms with Gasteiger partial charge in [-0.2, -0.15) is 0 Å². The van der Waals surface area contributed by atoms with Crippen molar-refractivity contribution in [3.05, 3.63) is 12.2 Å². The summed E-state index contributed by atoms with van der Waals surface area (Å²) in [4.78, 5) is 39.9. The lowest BCUT2D eigenvalue weighted by molar-refractivity contribution is -0.346. The highest BCUT2D eigenvalue weighted by Gasteiger charge is 2.69. The van der Waals surface area contributed by atoms with Gasteiger partial charge in [-0.1, -0.05) is 19.9 Å². The van der Waals surface area contributed by atoms with Crippen LogP contribution in [-0.2, 0) is 52.3 Å². The molecule has 0 unspecified atom stereocenters. The van der Waals surface area contributed by atoms with E-state index in [9.17, 15) is 55.2 Å². The molecule has 340 valence electrons. The quantitative estimate of drug-likeness (QED) is 0.0720. The molecule has 21 atom stereocenters. The van der Waals surface area contributed by atoms with E-state index < -0.39 is 146 Å². The molecule has 3 aliphatic heterocycles. The predicted molar refractivity (Wildman–Crippen MR) is 199 cm³/mol. The number of hydrogen-bond acceptors (Lipinski definition) is 19. The SMILES string of the molecule is C=C1[C@@H]2CC[C@H]3[C@]4(C)CCC[C@@](C)(C(=O)O[C@@H]5O[C@H](CO)[C@@H](O[C@@H]6OC[C@H](O)[C@H](O)[C@H]6O)[C@H](OC(C)=O)[C@H]5OC(C)=O)[C@H]4CC[C@]3(C2)[C@H]1O[C@@H]1O[C@H](CO)[C@@H](O)[C@H](O)[C@H]1O. The predicted octanol–water partition coefficient (Wildman–Crippen LogP) is -1.30. The van der Waals surface area contributed by atoms with Gasteiger partial charge < -0.3 is 78.7 Å². The standard InChI is InChI=1S/C41H62O19/c1-17-20-7-8-25-39(4)10-6-11-40(5,24(39)9-12-41(25,13-20)34(17)59-36-30(51)28(49)27(48)22(14-42)56-36)38(52)60-37-33(55-19(3)45)32(54-18(2)44)31(23(15-43)57-37)58-35-29(50)26(47)21(46)16-53-35/h20-37,42-43,46-51H,1,6-16H2,2-5H3/t20-,21+,22-,23-,24+,25+,26+,27-,28+,29-,30-,31-,32+,33-,34+,35+,36+,37+,39-,40-,41-/m1/s1. The summed E-state index contributed by atoms with van der Waals surface area (Å²) in [6.45, 7) is 8.87. The van der Waals surface area contributed by atoms with Crippen molar-refractivity contribution in [2.24, 2.45) is 34.0 Å². The Balaban J connectivity index is 1.14. The van der Waals surface area contributed by atoms with Crippen LogP contribution in [0, 0.1) is 34.0 Å². The average molecular weight is 859 g/mol. The lowest BCUT2D eigenvalue weighted by atomic mass is 9.40. The molecule has 19 heteroatoms. The van der Waals surface area contributed by atoms with E-state index in [0.717, 1.165) is 45.1 Å². The molecule has 0 aromatic carbocycles. The second kappa shape index (κ2) is 17.3. The van der Waals surface area contributed by atoms with Crippen LogP contribution in [0.2, 0.25) is 0 Å². The van der Waals surface area contributed by atoms with Gasteiger partial charge in [0.25, 0.3) is 0 Å². The molecular formula is C41H62O19. The highest BCUT2D eigenvalue weighted by molar-refractivity contribution is 5.77. The molecule has 0 aromatic rings. The van der Waals surface area contributed by atoms with Crippen LogP contribution in [0.25, 0.3) is 0 Å². The van der Waals surface area contributed by atoms with E-state index in [-0.39, 0.29) is 17.8 Å². The smallest absolute Gasteiger partial charge is 0.314 e. The van der Waals surface area contributed by atoms with Crippen molar-refractivity contribution >= 4 is 17.9 Å². The first-order valence-electron chi connectivity index (χ1n) is 21.1. The van der Waals surface area contributed by atoms with E-state index in [4.69, 9.17) is 37.9 Å². The molecule has 4 saturated carbocycles. The summed E-state index contributed by atoms with van der Waals surface area (Å²) in [7, 11) is 0. The lowest BCUT2D eigenvalue weighted by Crippen LogP contribution is -2.66. The van der Waals surface area contributed by atoms with Gasteiger partial charge in [0.15, 0.2) is 18.7 Å². The number of ether oxygens (including phenoxy) is 8. The summed E-state index contributed by atoms with van der Waals surface area (Å²) in [6, 6.07) is 0. The van der Waals surface area contributed by atoms with E-state index in [1.54, 1.807) is 0 Å². The Morgan fingerprint density at radius 3 is 2.02 bits per heavy atom. The molecule has 0 amide bonds. The second-order valence-electron chi connectivity index (χ2n) is 18.6. The third kappa shape index (κ3) is 7.72.